The fourth-order valence-electron chi connectivity index (χ4n) is 2.33. The predicted octanol–water partition coefficient (Wildman–Crippen LogP) is 6.08. The molecule has 0 heterocycles. The molecule has 0 fully saturated rings. The normalized spacial score (nSPS) is 13.0. The first-order valence-electron chi connectivity index (χ1n) is 8.36. The minimum Gasteiger partial charge on any atom is -0.295 e. The van der Waals surface area contributed by atoms with Gasteiger partial charge in [0.1, 0.15) is 0 Å². The monoisotopic (exact) mass is 266 g/mol. The fraction of sp³-hybridized carbons (Fsp3) is 0.833. The van der Waals surface area contributed by atoms with Crippen LogP contribution in [0, 0.1) is 5.92 Å². The largest absolute Gasteiger partial charge is 0.295 e. The first-order valence-corrected chi connectivity index (χ1v) is 8.36. The minimum atomic E-state index is 0.285. The summed E-state index contributed by atoms with van der Waals surface area (Å²) in [5.41, 5.74) is 0. The number of ketones is 1. The van der Waals surface area contributed by atoms with E-state index in [0.29, 0.717) is 0 Å². The molecule has 1 nitrogen and oxygen atoms in total. The van der Waals surface area contributed by atoms with Crippen molar-refractivity contribution in [1.29, 1.82) is 0 Å². The molecule has 112 valence electrons. The summed E-state index contributed by atoms with van der Waals surface area (Å²) in [6.07, 6.45) is 17.5. The first-order chi connectivity index (χ1) is 9.20. The van der Waals surface area contributed by atoms with Crippen molar-refractivity contribution >= 4 is 5.78 Å². The summed E-state index contributed by atoms with van der Waals surface area (Å²) in [5.74, 6) is 1.20. The third-order valence-electron chi connectivity index (χ3n) is 3.92. The van der Waals surface area contributed by atoms with E-state index in [1.165, 1.54) is 57.8 Å². The molecule has 0 N–H and O–H groups in total. The van der Waals surface area contributed by atoms with Crippen LogP contribution >= 0.6 is 0 Å². The minimum absolute atomic E-state index is 0.285. The van der Waals surface area contributed by atoms with Gasteiger partial charge in [-0.1, -0.05) is 77.7 Å². The lowest BCUT2D eigenvalue weighted by Gasteiger charge is -2.07. The lowest BCUT2D eigenvalue weighted by molar-refractivity contribution is -0.114. The van der Waals surface area contributed by atoms with E-state index < -0.39 is 0 Å². The third kappa shape index (κ3) is 13.6. The zero-order chi connectivity index (χ0) is 14.3. The Balaban J connectivity index is 3.13. The highest BCUT2D eigenvalue weighted by Crippen LogP contribution is 2.15. The second-order valence-electron chi connectivity index (χ2n) is 5.85. The summed E-state index contributed by atoms with van der Waals surface area (Å²) >= 11 is 0. The third-order valence-corrected chi connectivity index (χ3v) is 3.92. The van der Waals surface area contributed by atoms with E-state index in [2.05, 4.69) is 13.8 Å². The molecule has 0 saturated heterocycles. The SMILES string of the molecule is CC=CC(=O)CCCCCCCCCCC(C)CC. The van der Waals surface area contributed by atoms with Gasteiger partial charge in [-0.15, -0.1) is 0 Å². The van der Waals surface area contributed by atoms with E-state index in [1.807, 2.05) is 13.0 Å². The van der Waals surface area contributed by atoms with Crippen LogP contribution < -0.4 is 0 Å². The lowest BCUT2D eigenvalue weighted by Crippen LogP contribution is -1.92. The maximum atomic E-state index is 11.2. The summed E-state index contributed by atoms with van der Waals surface area (Å²) in [6.45, 7) is 6.54. The van der Waals surface area contributed by atoms with Crippen molar-refractivity contribution in [3.63, 3.8) is 0 Å². The van der Waals surface area contributed by atoms with Crippen molar-refractivity contribution in [1.82, 2.24) is 0 Å². The molecule has 0 rings (SSSR count). The van der Waals surface area contributed by atoms with E-state index >= 15 is 0 Å². The summed E-state index contributed by atoms with van der Waals surface area (Å²) in [4.78, 5) is 11.2. The van der Waals surface area contributed by atoms with Gasteiger partial charge in [-0.3, -0.25) is 4.79 Å². The summed E-state index contributed by atoms with van der Waals surface area (Å²) in [6, 6.07) is 0. The molecule has 1 heteroatoms. The second kappa shape index (κ2) is 13.8. The number of hydrogen-bond donors (Lipinski definition) is 0. The van der Waals surface area contributed by atoms with Crippen molar-refractivity contribution in [2.75, 3.05) is 0 Å². The summed E-state index contributed by atoms with van der Waals surface area (Å²) in [5, 5.41) is 0. The fourth-order valence-corrected chi connectivity index (χ4v) is 2.33. The van der Waals surface area contributed by atoms with Crippen LogP contribution in [0.2, 0.25) is 0 Å². The van der Waals surface area contributed by atoms with Crippen LogP contribution in [0.15, 0.2) is 12.2 Å². The number of rotatable bonds is 13. The Morgan fingerprint density at radius 3 is 2.00 bits per heavy atom. The highest BCUT2D eigenvalue weighted by molar-refractivity contribution is 5.89. The molecular weight excluding hydrogens is 232 g/mol. The topological polar surface area (TPSA) is 17.1 Å². The van der Waals surface area contributed by atoms with Crippen LogP contribution in [0.5, 0.6) is 0 Å². The Morgan fingerprint density at radius 2 is 1.47 bits per heavy atom. The van der Waals surface area contributed by atoms with E-state index in [9.17, 15) is 4.79 Å². The van der Waals surface area contributed by atoms with E-state index in [-0.39, 0.29) is 5.78 Å². The Hall–Kier alpha value is -0.590. The molecule has 0 aliphatic carbocycles. The van der Waals surface area contributed by atoms with Crippen LogP contribution in [0.3, 0.4) is 0 Å². The zero-order valence-electron chi connectivity index (χ0n) is 13.4. The van der Waals surface area contributed by atoms with Gasteiger partial charge < -0.3 is 0 Å². The molecule has 0 aliphatic rings. The van der Waals surface area contributed by atoms with Crippen LogP contribution in [0.4, 0.5) is 0 Å². The predicted molar refractivity (Wildman–Crippen MR) is 85.4 cm³/mol. The van der Waals surface area contributed by atoms with Gasteiger partial charge in [0.05, 0.1) is 0 Å². The average molecular weight is 266 g/mol. The Bertz CT molecular complexity index is 230. The Morgan fingerprint density at radius 1 is 0.947 bits per heavy atom. The number of allylic oxidation sites excluding steroid dienone is 2. The molecule has 1 atom stereocenters. The van der Waals surface area contributed by atoms with Crippen molar-refractivity contribution < 1.29 is 4.79 Å². The lowest BCUT2D eigenvalue weighted by atomic mass is 9.99. The first kappa shape index (κ1) is 18.4. The van der Waals surface area contributed by atoms with Crippen molar-refractivity contribution in [2.45, 2.75) is 91.4 Å². The van der Waals surface area contributed by atoms with E-state index in [0.717, 1.165) is 18.8 Å². The molecular formula is C18H34O. The molecule has 0 aliphatic heterocycles. The molecule has 0 aromatic carbocycles. The van der Waals surface area contributed by atoms with Gasteiger partial charge in [0.2, 0.25) is 0 Å². The van der Waals surface area contributed by atoms with Gasteiger partial charge in [-0.05, 0) is 25.3 Å². The highest BCUT2D eigenvalue weighted by atomic mass is 16.1. The average Bonchev–Trinajstić information content (AvgIpc) is 2.40. The molecule has 0 bridgehead atoms. The van der Waals surface area contributed by atoms with E-state index in [1.54, 1.807) is 6.08 Å². The van der Waals surface area contributed by atoms with Crippen LogP contribution in [0.1, 0.15) is 91.4 Å². The van der Waals surface area contributed by atoms with Crippen molar-refractivity contribution in [3.8, 4) is 0 Å². The van der Waals surface area contributed by atoms with Gasteiger partial charge in [-0.25, -0.2) is 0 Å². The quantitative estimate of drug-likeness (QED) is 0.292. The van der Waals surface area contributed by atoms with Gasteiger partial charge in [-0.2, -0.15) is 0 Å². The molecule has 0 spiro atoms. The van der Waals surface area contributed by atoms with Crippen molar-refractivity contribution in [3.05, 3.63) is 12.2 Å². The van der Waals surface area contributed by atoms with Gasteiger partial charge >= 0.3 is 0 Å². The summed E-state index contributed by atoms with van der Waals surface area (Å²) < 4.78 is 0. The van der Waals surface area contributed by atoms with Crippen LogP contribution in [-0.4, -0.2) is 5.78 Å². The maximum Gasteiger partial charge on any atom is 0.155 e. The van der Waals surface area contributed by atoms with Gasteiger partial charge in [0.25, 0.3) is 0 Å². The Kier molecular flexibility index (Phi) is 13.4. The number of carbonyl (C=O) groups is 1. The molecule has 19 heavy (non-hydrogen) atoms. The van der Waals surface area contributed by atoms with Crippen molar-refractivity contribution in [2.24, 2.45) is 5.92 Å². The molecule has 1 unspecified atom stereocenters. The highest BCUT2D eigenvalue weighted by Gasteiger charge is 1.99. The molecule has 0 amide bonds. The molecule has 0 radical (unpaired) electrons. The standard InChI is InChI=1S/C18H34O/c1-4-14-18(19)16-13-11-9-7-6-8-10-12-15-17(3)5-2/h4,14,17H,5-13,15-16H2,1-3H3. The molecule has 0 aromatic heterocycles. The number of unbranched alkanes of at least 4 members (excludes halogenated alkanes) is 7. The maximum absolute atomic E-state index is 11.2. The summed E-state index contributed by atoms with van der Waals surface area (Å²) in [7, 11) is 0. The number of carbonyl (C=O) groups excluding carboxylic acids is 1. The molecule has 0 saturated carbocycles. The zero-order valence-corrected chi connectivity index (χ0v) is 13.4. The second-order valence-corrected chi connectivity index (χ2v) is 5.85. The molecule has 0 aromatic rings. The van der Waals surface area contributed by atoms with Gasteiger partial charge in [0, 0.05) is 6.42 Å². The Labute approximate surface area is 120 Å². The van der Waals surface area contributed by atoms with Crippen LogP contribution in [0.25, 0.3) is 0 Å². The smallest absolute Gasteiger partial charge is 0.155 e. The van der Waals surface area contributed by atoms with Crippen LogP contribution in [-0.2, 0) is 4.79 Å². The van der Waals surface area contributed by atoms with Gasteiger partial charge in [0.15, 0.2) is 5.78 Å². The van der Waals surface area contributed by atoms with E-state index in [4.69, 9.17) is 0 Å². The number of hydrogen-bond acceptors (Lipinski definition) is 1.